The van der Waals surface area contributed by atoms with Gasteiger partial charge in [0.2, 0.25) is 0 Å². The van der Waals surface area contributed by atoms with Crippen LogP contribution in [-0.4, -0.2) is 35.8 Å². The molecule has 0 radical (unpaired) electrons. The van der Waals surface area contributed by atoms with Gasteiger partial charge in [-0.3, -0.25) is 14.6 Å². The zero-order valence-electron chi connectivity index (χ0n) is 11.1. The minimum Gasteiger partial charge on any atom is -0.462 e. The second-order valence-corrected chi connectivity index (χ2v) is 5.39. The average Bonchev–Trinajstić information content (AvgIpc) is 2.75. The summed E-state index contributed by atoms with van der Waals surface area (Å²) in [7, 11) is 1.48. The maximum atomic E-state index is 12.1. The van der Waals surface area contributed by atoms with E-state index in [2.05, 4.69) is 4.98 Å². The Morgan fingerprint density at radius 2 is 2.15 bits per heavy atom. The molecule has 0 amide bonds. The fourth-order valence-electron chi connectivity index (χ4n) is 1.73. The quantitative estimate of drug-likeness (QED) is 0.631. The van der Waals surface area contributed by atoms with Crippen molar-refractivity contribution in [3.05, 3.63) is 31.8 Å². The van der Waals surface area contributed by atoms with E-state index in [9.17, 15) is 14.4 Å². The Bertz CT molecular complexity index is 742. The van der Waals surface area contributed by atoms with Gasteiger partial charge in [-0.1, -0.05) is 0 Å². The molecule has 2 heterocycles. The number of esters is 1. The summed E-state index contributed by atoms with van der Waals surface area (Å²) in [6, 6.07) is 1.69. The number of methoxy groups -OCH3 is 1. The van der Waals surface area contributed by atoms with Gasteiger partial charge in [0.1, 0.15) is 18.0 Å². The first-order valence-corrected chi connectivity index (χ1v) is 6.72. The minimum atomic E-state index is -0.652. The summed E-state index contributed by atoms with van der Waals surface area (Å²) in [5, 5.41) is 0.400. The van der Waals surface area contributed by atoms with Gasteiger partial charge >= 0.3 is 11.7 Å². The van der Waals surface area contributed by atoms with E-state index in [1.165, 1.54) is 18.4 Å². The number of nitrogens with one attached hydrogen (secondary N) is 1. The van der Waals surface area contributed by atoms with Crippen LogP contribution in [0.3, 0.4) is 0 Å². The van der Waals surface area contributed by atoms with Gasteiger partial charge in [0.05, 0.1) is 12.0 Å². The first-order chi connectivity index (χ1) is 9.52. The average molecular weight is 298 g/mol. The van der Waals surface area contributed by atoms with Crippen LogP contribution >= 0.6 is 11.3 Å². The molecule has 0 aliphatic carbocycles. The summed E-state index contributed by atoms with van der Waals surface area (Å²) in [6.07, 6.45) is 0. The number of aromatic amines is 1. The fraction of sp³-hybridized carbons (Fsp3) is 0.417. The minimum absolute atomic E-state index is 0.0851. The van der Waals surface area contributed by atoms with Crippen LogP contribution in [0.5, 0.6) is 0 Å². The Hall–Kier alpha value is -1.93. The van der Waals surface area contributed by atoms with Crippen molar-refractivity contribution in [2.24, 2.45) is 0 Å². The molecule has 108 valence electrons. The molecule has 2 rings (SSSR count). The Labute approximate surface area is 117 Å². The van der Waals surface area contributed by atoms with Gasteiger partial charge in [0.25, 0.3) is 5.56 Å². The third-order valence-electron chi connectivity index (χ3n) is 2.63. The van der Waals surface area contributed by atoms with Crippen LogP contribution < -0.4 is 11.2 Å². The second kappa shape index (κ2) is 6.02. The highest BCUT2D eigenvalue weighted by Gasteiger charge is 2.13. The molecule has 0 saturated carbocycles. The normalized spacial score (nSPS) is 10.9. The van der Waals surface area contributed by atoms with Gasteiger partial charge in [-0.2, -0.15) is 0 Å². The molecule has 0 spiro atoms. The van der Waals surface area contributed by atoms with Crippen LogP contribution in [0.1, 0.15) is 4.88 Å². The standard InChI is InChI=1S/C12H14N2O5S/c1-7-5-8-10(20-7)13-12(17)14(11(8)16)6-9(15)19-4-3-18-2/h5H,3-4,6H2,1-2H3,(H,13,17). The van der Waals surface area contributed by atoms with Crippen LogP contribution in [-0.2, 0) is 20.8 Å². The molecule has 2 aromatic rings. The number of carbonyl (C=O) groups excluding carboxylic acids is 1. The highest BCUT2D eigenvalue weighted by molar-refractivity contribution is 7.18. The molecule has 0 bridgehead atoms. The Balaban J connectivity index is 2.28. The van der Waals surface area contributed by atoms with Gasteiger partial charge in [-0.15, -0.1) is 11.3 Å². The molecular formula is C12H14N2O5S. The van der Waals surface area contributed by atoms with Crippen molar-refractivity contribution < 1.29 is 14.3 Å². The summed E-state index contributed by atoms with van der Waals surface area (Å²) in [5.41, 5.74) is -1.11. The molecule has 8 heteroatoms. The van der Waals surface area contributed by atoms with Crippen molar-refractivity contribution in [3.63, 3.8) is 0 Å². The van der Waals surface area contributed by atoms with E-state index in [-0.39, 0.29) is 13.2 Å². The molecule has 20 heavy (non-hydrogen) atoms. The number of H-pyrrole nitrogens is 1. The zero-order chi connectivity index (χ0) is 14.7. The molecule has 7 nitrogen and oxygen atoms in total. The van der Waals surface area contributed by atoms with Crippen molar-refractivity contribution in [3.8, 4) is 0 Å². The number of nitrogens with zero attached hydrogens (tertiary/aromatic N) is 1. The summed E-state index contributed by atoms with van der Waals surface area (Å²) in [4.78, 5) is 39.5. The summed E-state index contributed by atoms with van der Waals surface area (Å²) in [5.74, 6) is -0.652. The van der Waals surface area contributed by atoms with Gasteiger partial charge < -0.3 is 9.47 Å². The Morgan fingerprint density at radius 3 is 2.85 bits per heavy atom. The molecule has 1 N–H and O–H groups in total. The van der Waals surface area contributed by atoms with Gasteiger partial charge in [0.15, 0.2) is 0 Å². The molecule has 0 aliphatic rings. The zero-order valence-corrected chi connectivity index (χ0v) is 11.9. The van der Waals surface area contributed by atoms with E-state index >= 15 is 0 Å². The molecule has 0 saturated heterocycles. The molecule has 2 aromatic heterocycles. The molecule has 0 aliphatic heterocycles. The third kappa shape index (κ3) is 2.97. The van der Waals surface area contributed by atoms with Crippen molar-refractivity contribution in [2.75, 3.05) is 20.3 Å². The lowest BCUT2D eigenvalue weighted by atomic mass is 10.3. The molecule has 0 aromatic carbocycles. The van der Waals surface area contributed by atoms with Crippen molar-refractivity contribution in [1.29, 1.82) is 0 Å². The van der Waals surface area contributed by atoms with E-state index in [1.807, 2.05) is 6.92 Å². The number of thiophene rings is 1. The molecule has 0 unspecified atom stereocenters. The maximum absolute atomic E-state index is 12.1. The third-order valence-corrected chi connectivity index (χ3v) is 3.60. The highest BCUT2D eigenvalue weighted by atomic mass is 32.1. The van der Waals surface area contributed by atoms with Crippen molar-refractivity contribution in [1.82, 2.24) is 9.55 Å². The van der Waals surface area contributed by atoms with Crippen molar-refractivity contribution >= 4 is 27.5 Å². The molecule has 0 atom stereocenters. The van der Waals surface area contributed by atoms with Crippen LogP contribution in [0.2, 0.25) is 0 Å². The number of carbonyl (C=O) groups is 1. The lowest BCUT2D eigenvalue weighted by molar-refractivity contribution is -0.145. The van der Waals surface area contributed by atoms with Gasteiger partial charge in [-0.05, 0) is 13.0 Å². The van der Waals surface area contributed by atoms with Crippen LogP contribution in [0.25, 0.3) is 10.2 Å². The summed E-state index contributed by atoms with van der Waals surface area (Å²) < 4.78 is 10.4. The molecular weight excluding hydrogens is 284 g/mol. The smallest absolute Gasteiger partial charge is 0.329 e. The predicted octanol–water partition coefficient (Wildman–Crippen LogP) is 0.249. The van der Waals surface area contributed by atoms with Crippen LogP contribution in [0.15, 0.2) is 15.7 Å². The van der Waals surface area contributed by atoms with Crippen molar-refractivity contribution in [2.45, 2.75) is 13.5 Å². The maximum Gasteiger partial charge on any atom is 0.329 e. The van der Waals surface area contributed by atoms with E-state index < -0.39 is 23.8 Å². The topological polar surface area (TPSA) is 90.4 Å². The van der Waals surface area contributed by atoms with E-state index in [0.29, 0.717) is 10.2 Å². The molecule has 0 fully saturated rings. The summed E-state index contributed by atoms with van der Waals surface area (Å²) in [6.45, 7) is 1.77. The lowest BCUT2D eigenvalue weighted by Gasteiger charge is -2.05. The second-order valence-electron chi connectivity index (χ2n) is 4.13. The van der Waals surface area contributed by atoms with E-state index in [4.69, 9.17) is 9.47 Å². The summed E-state index contributed by atoms with van der Waals surface area (Å²) >= 11 is 1.32. The van der Waals surface area contributed by atoms with Crippen LogP contribution in [0.4, 0.5) is 0 Å². The SMILES string of the molecule is COCCOC(=O)Cn1c(=O)[nH]c2sc(C)cc2c1=O. The number of aromatic nitrogens is 2. The Morgan fingerprint density at radius 1 is 1.40 bits per heavy atom. The van der Waals surface area contributed by atoms with Crippen LogP contribution in [0, 0.1) is 6.92 Å². The Kier molecular flexibility index (Phi) is 4.35. The number of rotatable bonds is 5. The number of fused-ring (bicyclic) bond motifs is 1. The highest BCUT2D eigenvalue weighted by Crippen LogP contribution is 2.18. The van der Waals surface area contributed by atoms with Gasteiger partial charge in [-0.25, -0.2) is 9.36 Å². The van der Waals surface area contributed by atoms with E-state index in [0.717, 1.165) is 9.44 Å². The van der Waals surface area contributed by atoms with E-state index in [1.54, 1.807) is 6.07 Å². The number of hydrogen-bond donors (Lipinski definition) is 1. The largest absolute Gasteiger partial charge is 0.462 e. The van der Waals surface area contributed by atoms with Gasteiger partial charge in [0, 0.05) is 12.0 Å². The lowest BCUT2D eigenvalue weighted by Crippen LogP contribution is -2.37. The fourth-order valence-corrected chi connectivity index (χ4v) is 2.62. The first kappa shape index (κ1) is 14.5. The predicted molar refractivity (Wildman–Crippen MR) is 74.3 cm³/mol. The monoisotopic (exact) mass is 298 g/mol. The number of aryl methyl sites for hydroxylation is 1. The number of ether oxygens (including phenoxy) is 2. The number of hydrogen-bond acceptors (Lipinski definition) is 6. The first-order valence-electron chi connectivity index (χ1n) is 5.90.